The summed E-state index contributed by atoms with van der Waals surface area (Å²) >= 11 is 0. The number of benzene rings is 2. The molecule has 1 unspecified atom stereocenters. The molecule has 0 bridgehead atoms. The Balaban J connectivity index is 1.46. The average molecular weight is 454 g/mol. The van der Waals surface area contributed by atoms with Gasteiger partial charge in [-0.05, 0) is 30.7 Å². The highest BCUT2D eigenvalue weighted by Crippen LogP contribution is 2.37. The topological polar surface area (TPSA) is 97.4 Å². The number of nitrogens with one attached hydrogen (secondary N) is 2. The van der Waals surface area contributed by atoms with Crippen LogP contribution in [0.4, 0.5) is 14.5 Å². The zero-order chi connectivity index (χ0) is 22.9. The summed E-state index contributed by atoms with van der Waals surface area (Å²) in [6, 6.07) is 9.81. The maximum Gasteiger partial charge on any atom is 0.269 e. The van der Waals surface area contributed by atoms with Crippen LogP contribution in [0.25, 0.3) is 5.69 Å². The minimum absolute atomic E-state index is 0.0516. The van der Waals surface area contributed by atoms with E-state index in [1.165, 1.54) is 0 Å². The van der Waals surface area contributed by atoms with Crippen molar-refractivity contribution in [3.8, 4) is 17.2 Å². The Bertz CT molecular complexity index is 1150. The van der Waals surface area contributed by atoms with Gasteiger partial charge in [-0.3, -0.25) is 9.69 Å². The molecule has 2 aliphatic heterocycles. The Morgan fingerprint density at radius 2 is 1.73 bits per heavy atom. The molecule has 10 heteroatoms. The van der Waals surface area contributed by atoms with Crippen LogP contribution in [0.3, 0.4) is 0 Å². The number of carbonyl (C=O) groups excluding carboxylic acids is 1. The molecule has 1 atom stereocenters. The van der Waals surface area contributed by atoms with Crippen molar-refractivity contribution in [2.24, 2.45) is 5.73 Å². The summed E-state index contributed by atoms with van der Waals surface area (Å²) in [5.41, 5.74) is 8.15. The SMILES string of the molecule is NC(=O)c1c2c(nn1-c1ccc(Oc3cc(F)cc(F)c3)cc1)C(N1CCNCC1)CCN2. The van der Waals surface area contributed by atoms with Gasteiger partial charge in [0.05, 0.1) is 17.4 Å². The average Bonchev–Trinajstić information content (AvgIpc) is 3.19. The minimum atomic E-state index is -0.721. The highest BCUT2D eigenvalue weighted by atomic mass is 19.1. The number of ether oxygens (including phenoxy) is 1. The molecule has 2 aromatic carbocycles. The van der Waals surface area contributed by atoms with E-state index in [4.69, 9.17) is 15.6 Å². The van der Waals surface area contributed by atoms with E-state index in [2.05, 4.69) is 15.5 Å². The summed E-state index contributed by atoms with van der Waals surface area (Å²) in [5, 5.41) is 11.4. The molecule has 1 saturated heterocycles. The van der Waals surface area contributed by atoms with Crippen LogP contribution < -0.4 is 21.1 Å². The number of nitrogens with zero attached hydrogens (tertiary/aromatic N) is 3. The van der Waals surface area contributed by atoms with Gasteiger partial charge >= 0.3 is 0 Å². The third kappa shape index (κ3) is 4.27. The van der Waals surface area contributed by atoms with Gasteiger partial charge in [0.2, 0.25) is 0 Å². The van der Waals surface area contributed by atoms with Crippen LogP contribution in [-0.4, -0.2) is 53.3 Å². The molecule has 0 saturated carbocycles. The van der Waals surface area contributed by atoms with Crippen LogP contribution in [0.2, 0.25) is 0 Å². The number of nitrogens with two attached hydrogens (primary N) is 1. The first kappa shape index (κ1) is 21.4. The van der Waals surface area contributed by atoms with E-state index < -0.39 is 17.5 Å². The van der Waals surface area contributed by atoms with Crippen LogP contribution in [0.15, 0.2) is 42.5 Å². The van der Waals surface area contributed by atoms with Crippen molar-refractivity contribution in [2.45, 2.75) is 12.5 Å². The Morgan fingerprint density at radius 1 is 1.03 bits per heavy atom. The molecule has 33 heavy (non-hydrogen) atoms. The van der Waals surface area contributed by atoms with Crippen molar-refractivity contribution >= 4 is 11.6 Å². The van der Waals surface area contributed by atoms with Crippen LogP contribution in [0, 0.1) is 11.6 Å². The molecule has 1 fully saturated rings. The molecule has 5 rings (SSSR count). The lowest BCUT2D eigenvalue weighted by atomic mass is 10.0. The smallest absolute Gasteiger partial charge is 0.269 e. The van der Waals surface area contributed by atoms with Crippen molar-refractivity contribution in [3.63, 3.8) is 0 Å². The Kier molecular flexibility index (Phi) is 5.69. The van der Waals surface area contributed by atoms with Crippen LogP contribution in [0.1, 0.15) is 28.6 Å². The third-order valence-electron chi connectivity index (χ3n) is 5.93. The first-order chi connectivity index (χ1) is 16.0. The molecule has 0 spiro atoms. The minimum Gasteiger partial charge on any atom is -0.457 e. The van der Waals surface area contributed by atoms with Gasteiger partial charge in [-0.2, -0.15) is 5.10 Å². The molecular formula is C23H24F2N6O2. The van der Waals surface area contributed by atoms with Crippen molar-refractivity contribution in [1.29, 1.82) is 0 Å². The zero-order valence-electron chi connectivity index (χ0n) is 17.9. The number of hydrogen-bond donors (Lipinski definition) is 3. The molecule has 3 aromatic rings. The monoisotopic (exact) mass is 454 g/mol. The fraction of sp³-hybridized carbons (Fsp3) is 0.304. The van der Waals surface area contributed by atoms with E-state index in [0.717, 1.165) is 63.0 Å². The predicted molar refractivity (Wildman–Crippen MR) is 119 cm³/mol. The number of aromatic nitrogens is 2. The molecule has 2 aliphatic rings. The summed E-state index contributed by atoms with van der Waals surface area (Å²) in [6.07, 6.45) is 0.888. The van der Waals surface area contributed by atoms with Crippen LogP contribution in [0.5, 0.6) is 11.5 Å². The van der Waals surface area contributed by atoms with Crippen LogP contribution in [-0.2, 0) is 0 Å². The normalized spacial score (nSPS) is 18.4. The molecule has 3 heterocycles. The van der Waals surface area contributed by atoms with E-state index in [-0.39, 0.29) is 11.8 Å². The van der Waals surface area contributed by atoms with E-state index in [1.54, 1.807) is 28.9 Å². The molecule has 4 N–H and O–H groups in total. The van der Waals surface area contributed by atoms with Crippen molar-refractivity contribution < 1.29 is 18.3 Å². The maximum absolute atomic E-state index is 13.4. The number of primary amides is 1. The Morgan fingerprint density at radius 3 is 2.39 bits per heavy atom. The highest BCUT2D eigenvalue weighted by molar-refractivity contribution is 5.98. The first-order valence-electron chi connectivity index (χ1n) is 10.9. The summed E-state index contributed by atoms with van der Waals surface area (Å²) in [7, 11) is 0. The maximum atomic E-state index is 13.4. The molecule has 0 radical (unpaired) electrons. The lowest BCUT2D eigenvalue weighted by Gasteiger charge is -2.36. The van der Waals surface area contributed by atoms with Gasteiger partial charge < -0.3 is 21.1 Å². The molecule has 0 aliphatic carbocycles. The predicted octanol–water partition coefficient (Wildman–Crippen LogP) is 2.80. The number of piperazine rings is 1. The van der Waals surface area contributed by atoms with Gasteiger partial charge in [-0.25, -0.2) is 13.5 Å². The number of amides is 1. The van der Waals surface area contributed by atoms with Crippen molar-refractivity contribution in [1.82, 2.24) is 20.0 Å². The molecular weight excluding hydrogens is 430 g/mol. The largest absolute Gasteiger partial charge is 0.457 e. The van der Waals surface area contributed by atoms with Crippen LogP contribution >= 0.6 is 0 Å². The van der Waals surface area contributed by atoms with Gasteiger partial charge in [0.15, 0.2) is 5.69 Å². The fourth-order valence-corrected chi connectivity index (χ4v) is 4.46. The van der Waals surface area contributed by atoms with Crippen molar-refractivity contribution in [2.75, 3.05) is 38.0 Å². The summed E-state index contributed by atoms with van der Waals surface area (Å²) in [4.78, 5) is 14.8. The van der Waals surface area contributed by atoms with E-state index >= 15 is 0 Å². The first-order valence-corrected chi connectivity index (χ1v) is 10.9. The number of hydrogen-bond acceptors (Lipinski definition) is 6. The van der Waals surface area contributed by atoms with Gasteiger partial charge in [0, 0.05) is 50.9 Å². The van der Waals surface area contributed by atoms with Gasteiger partial charge in [-0.1, -0.05) is 0 Å². The van der Waals surface area contributed by atoms with Gasteiger partial charge in [0.1, 0.15) is 28.8 Å². The van der Waals surface area contributed by atoms with E-state index in [0.29, 0.717) is 22.8 Å². The van der Waals surface area contributed by atoms with E-state index in [9.17, 15) is 13.6 Å². The second-order valence-electron chi connectivity index (χ2n) is 8.10. The summed E-state index contributed by atoms with van der Waals surface area (Å²) in [6.45, 7) is 4.38. The fourth-order valence-electron chi connectivity index (χ4n) is 4.46. The second kappa shape index (κ2) is 8.80. The number of fused-ring (bicyclic) bond motifs is 1. The lowest BCUT2D eigenvalue weighted by Crippen LogP contribution is -2.46. The lowest BCUT2D eigenvalue weighted by molar-refractivity contribution is 0.0993. The highest BCUT2D eigenvalue weighted by Gasteiger charge is 2.34. The quantitative estimate of drug-likeness (QED) is 0.549. The molecule has 8 nitrogen and oxygen atoms in total. The van der Waals surface area contributed by atoms with Crippen molar-refractivity contribution in [3.05, 3.63) is 65.5 Å². The summed E-state index contributed by atoms with van der Waals surface area (Å²) < 4.78 is 34.0. The third-order valence-corrected chi connectivity index (χ3v) is 5.93. The summed E-state index contributed by atoms with van der Waals surface area (Å²) in [5.74, 6) is -1.58. The number of rotatable bonds is 5. The zero-order valence-corrected chi connectivity index (χ0v) is 17.9. The molecule has 172 valence electrons. The van der Waals surface area contributed by atoms with Gasteiger partial charge in [0.25, 0.3) is 5.91 Å². The number of halogens is 2. The van der Waals surface area contributed by atoms with Gasteiger partial charge in [-0.15, -0.1) is 0 Å². The Hall–Kier alpha value is -3.50. The standard InChI is InChI=1S/C23H24F2N6O2/c24-14-11-15(25)13-18(12-14)33-17-3-1-16(2-4-17)31-22(23(26)32)21-20(29-31)19(5-6-28-21)30-9-7-27-8-10-30/h1-4,11-13,19,27-28H,5-10H2,(H2,26,32). The molecule has 1 aromatic heterocycles. The second-order valence-corrected chi connectivity index (χ2v) is 8.10. The number of carbonyl (C=O) groups is 1. The number of anilines is 1. The molecule has 1 amide bonds. The Labute approximate surface area is 189 Å². The van der Waals surface area contributed by atoms with E-state index in [1.807, 2.05) is 0 Å².